The van der Waals surface area contributed by atoms with E-state index in [4.69, 9.17) is 0 Å². The fourth-order valence-corrected chi connectivity index (χ4v) is 3.82. The lowest BCUT2D eigenvalue weighted by molar-refractivity contribution is 0.205. The third-order valence-corrected chi connectivity index (χ3v) is 4.33. The fraction of sp³-hybridized carbons (Fsp3) is 0.889. The van der Waals surface area contributed by atoms with Crippen LogP contribution in [0.3, 0.4) is 0 Å². The van der Waals surface area contributed by atoms with Gasteiger partial charge in [-0.25, -0.2) is 4.39 Å². The second kappa shape index (κ2) is 2.89. The maximum atomic E-state index is 12.9. The molecule has 1 aliphatic carbocycles. The van der Waals surface area contributed by atoms with E-state index in [0.29, 0.717) is 11.2 Å². The Morgan fingerprint density at radius 1 is 1.27 bits per heavy atom. The van der Waals surface area contributed by atoms with E-state index in [9.17, 15) is 4.39 Å². The molecule has 1 heterocycles. The molecule has 2 rings (SSSR count). The van der Waals surface area contributed by atoms with Crippen LogP contribution in [0.4, 0.5) is 4.39 Å². The first kappa shape index (κ1) is 7.78. The molecule has 1 aliphatic heterocycles. The van der Waals surface area contributed by atoms with Crippen molar-refractivity contribution in [2.75, 3.05) is 0 Å². The van der Waals surface area contributed by atoms with E-state index in [2.05, 4.69) is 6.92 Å². The molecule has 1 saturated heterocycles. The molecule has 0 radical (unpaired) electrons. The van der Waals surface area contributed by atoms with Crippen LogP contribution in [0.5, 0.6) is 0 Å². The molecule has 0 nitrogen and oxygen atoms in total. The zero-order valence-electron chi connectivity index (χ0n) is 6.63. The van der Waals surface area contributed by atoms with Crippen molar-refractivity contribution in [1.82, 2.24) is 0 Å². The van der Waals surface area contributed by atoms with Gasteiger partial charge in [-0.3, -0.25) is 0 Å². The standard InChI is InChI=1S/C9H14FS/c1-6-4-7-5-8(10)2-3-9(7)11-6/h6-9H,1-5H2/q+1. The van der Waals surface area contributed by atoms with Crippen molar-refractivity contribution in [2.24, 2.45) is 5.92 Å². The smallest absolute Gasteiger partial charge is 0.141 e. The van der Waals surface area contributed by atoms with E-state index < -0.39 is 6.17 Å². The SMILES string of the molecule is [CH2+]C1CC2CC(F)CCC2S1. The molecule has 2 aliphatic rings. The number of rotatable bonds is 0. The summed E-state index contributed by atoms with van der Waals surface area (Å²) in [5.41, 5.74) is 0. The highest BCUT2D eigenvalue weighted by atomic mass is 32.2. The van der Waals surface area contributed by atoms with E-state index in [1.807, 2.05) is 11.8 Å². The minimum Gasteiger partial charge on any atom is -0.247 e. The van der Waals surface area contributed by atoms with Crippen LogP contribution in [-0.4, -0.2) is 16.7 Å². The summed E-state index contributed by atoms with van der Waals surface area (Å²) in [6, 6.07) is 0. The van der Waals surface area contributed by atoms with Gasteiger partial charge in [-0.05, 0) is 25.2 Å². The zero-order chi connectivity index (χ0) is 7.84. The van der Waals surface area contributed by atoms with Crippen molar-refractivity contribution < 1.29 is 4.39 Å². The predicted molar refractivity (Wildman–Crippen MR) is 47.4 cm³/mol. The Hall–Kier alpha value is 0.150. The average molecular weight is 173 g/mol. The van der Waals surface area contributed by atoms with E-state index >= 15 is 0 Å². The number of halogens is 1. The molecule has 4 unspecified atom stereocenters. The molecule has 0 aromatic rings. The number of hydrogen-bond acceptors (Lipinski definition) is 1. The van der Waals surface area contributed by atoms with Crippen molar-refractivity contribution in [3.8, 4) is 0 Å². The molecule has 1 saturated carbocycles. The minimum atomic E-state index is -0.512. The highest BCUT2D eigenvalue weighted by molar-refractivity contribution is 8.00. The van der Waals surface area contributed by atoms with Crippen LogP contribution in [0.2, 0.25) is 0 Å². The van der Waals surface area contributed by atoms with E-state index in [0.717, 1.165) is 30.9 Å². The molecule has 0 N–H and O–H groups in total. The maximum absolute atomic E-state index is 12.9. The quantitative estimate of drug-likeness (QED) is 0.508. The van der Waals surface area contributed by atoms with Crippen LogP contribution < -0.4 is 0 Å². The summed E-state index contributed by atoms with van der Waals surface area (Å²) in [4.78, 5) is 0. The third-order valence-electron chi connectivity index (χ3n) is 2.78. The van der Waals surface area contributed by atoms with Crippen molar-refractivity contribution in [1.29, 1.82) is 0 Å². The Labute approximate surface area is 71.9 Å². The van der Waals surface area contributed by atoms with Crippen molar-refractivity contribution in [3.05, 3.63) is 6.92 Å². The van der Waals surface area contributed by atoms with Crippen LogP contribution in [-0.2, 0) is 0 Å². The van der Waals surface area contributed by atoms with Crippen LogP contribution in [0, 0.1) is 12.8 Å². The molecule has 0 bridgehead atoms. The molecule has 2 fully saturated rings. The van der Waals surface area contributed by atoms with Crippen LogP contribution in [0.25, 0.3) is 0 Å². The number of alkyl halides is 1. The summed E-state index contributed by atoms with van der Waals surface area (Å²) < 4.78 is 12.9. The fourth-order valence-electron chi connectivity index (χ4n) is 2.25. The van der Waals surface area contributed by atoms with Gasteiger partial charge >= 0.3 is 0 Å². The molecule has 62 valence electrons. The van der Waals surface area contributed by atoms with Crippen molar-refractivity contribution >= 4 is 11.8 Å². The van der Waals surface area contributed by atoms with E-state index in [-0.39, 0.29) is 0 Å². The normalized spacial score (nSPS) is 50.6. The molecular formula is C9H14FS+. The average Bonchev–Trinajstić information content (AvgIpc) is 2.27. The molecule has 4 atom stereocenters. The first-order valence-corrected chi connectivity index (χ1v) is 5.32. The highest BCUT2D eigenvalue weighted by Crippen LogP contribution is 2.46. The van der Waals surface area contributed by atoms with Gasteiger partial charge < -0.3 is 0 Å². The summed E-state index contributed by atoms with van der Waals surface area (Å²) in [7, 11) is 0. The third kappa shape index (κ3) is 1.51. The van der Waals surface area contributed by atoms with E-state index in [1.165, 1.54) is 0 Å². The highest BCUT2D eigenvalue weighted by Gasteiger charge is 2.40. The lowest BCUT2D eigenvalue weighted by atomic mass is 9.85. The summed E-state index contributed by atoms with van der Waals surface area (Å²) in [6.45, 7) is 4.03. The van der Waals surface area contributed by atoms with Crippen LogP contribution in [0.15, 0.2) is 0 Å². The number of hydrogen-bond donors (Lipinski definition) is 0. The number of thioether (sulfide) groups is 1. The first-order chi connectivity index (χ1) is 5.25. The van der Waals surface area contributed by atoms with Gasteiger partial charge in [-0.2, -0.15) is 0 Å². The van der Waals surface area contributed by atoms with Gasteiger partial charge in [0.2, 0.25) is 0 Å². The lowest BCUT2D eigenvalue weighted by Gasteiger charge is -2.25. The van der Waals surface area contributed by atoms with E-state index in [1.54, 1.807) is 0 Å². The predicted octanol–water partition coefficient (Wildman–Crippen LogP) is 2.83. The second-order valence-electron chi connectivity index (χ2n) is 3.70. The second-order valence-corrected chi connectivity index (χ2v) is 5.25. The Morgan fingerprint density at radius 2 is 2.09 bits per heavy atom. The molecule has 11 heavy (non-hydrogen) atoms. The molecule has 0 aromatic heterocycles. The largest absolute Gasteiger partial charge is 0.247 e. The summed E-state index contributed by atoms with van der Waals surface area (Å²) >= 11 is 1.97. The van der Waals surface area contributed by atoms with Gasteiger partial charge in [0.25, 0.3) is 0 Å². The van der Waals surface area contributed by atoms with Gasteiger partial charge in [0.05, 0.1) is 6.92 Å². The monoisotopic (exact) mass is 173 g/mol. The Balaban J connectivity index is 1.97. The number of fused-ring (bicyclic) bond motifs is 1. The van der Waals surface area contributed by atoms with Crippen LogP contribution >= 0.6 is 11.8 Å². The Kier molecular flexibility index (Phi) is 2.04. The van der Waals surface area contributed by atoms with Gasteiger partial charge in [0.1, 0.15) is 11.4 Å². The van der Waals surface area contributed by atoms with Gasteiger partial charge in [-0.1, -0.05) is 0 Å². The lowest BCUT2D eigenvalue weighted by Crippen LogP contribution is -2.23. The Bertz CT molecular complexity index is 148. The first-order valence-electron chi connectivity index (χ1n) is 4.38. The molecule has 2 heteroatoms. The van der Waals surface area contributed by atoms with Crippen molar-refractivity contribution in [3.63, 3.8) is 0 Å². The molecule has 0 spiro atoms. The summed E-state index contributed by atoms with van der Waals surface area (Å²) in [6.07, 6.45) is 3.32. The topological polar surface area (TPSA) is 0 Å². The van der Waals surface area contributed by atoms with Crippen molar-refractivity contribution in [2.45, 2.75) is 42.4 Å². The van der Waals surface area contributed by atoms with Gasteiger partial charge in [0.15, 0.2) is 0 Å². The molecular weight excluding hydrogens is 159 g/mol. The zero-order valence-corrected chi connectivity index (χ0v) is 7.45. The summed E-state index contributed by atoms with van der Waals surface area (Å²) in [5, 5.41) is 1.28. The van der Waals surface area contributed by atoms with Gasteiger partial charge in [0, 0.05) is 11.7 Å². The molecule has 0 aromatic carbocycles. The minimum absolute atomic E-state index is 0.512. The molecule has 0 amide bonds. The van der Waals surface area contributed by atoms with Crippen LogP contribution in [0.1, 0.15) is 25.7 Å². The van der Waals surface area contributed by atoms with Gasteiger partial charge in [-0.15, -0.1) is 11.8 Å². The maximum Gasteiger partial charge on any atom is 0.141 e. The summed E-state index contributed by atoms with van der Waals surface area (Å²) in [5.74, 6) is 0.645. The Morgan fingerprint density at radius 3 is 2.91 bits per heavy atom.